The highest BCUT2D eigenvalue weighted by Gasteiger charge is 2.12. The first-order valence-electron chi connectivity index (χ1n) is 7.63. The summed E-state index contributed by atoms with van der Waals surface area (Å²) in [6, 6.07) is 15.9. The molecule has 0 amide bonds. The van der Waals surface area contributed by atoms with E-state index in [0.29, 0.717) is 5.92 Å². The van der Waals surface area contributed by atoms with Gasteiger partial charge in [0.05, 0.1) is 0 Å². The summed E-state index contributed by atoms with van der Waals surface area (Å²) in [6.45, 7) is 6.62. The number of benzene rings is 2. The van der Waals surface area contributed by atoms with Crippen LogP contribution in [0.15, 0.2) is 42.5 Å². The van der Waals surface area contributed by atoms with Crippen molar-refractivity contribution in [2.24, 2.45) is 0 Å². The quantitative estimate of drug-likeness (QED) is 0.883. The van der Waals surface area contributed by atoms with Crippen molar-refractivity contribution in [1.82, 2.24) is 5.32 Å². The predicted octanol–water partition coefficient (Wildman–Crippen LogP) is 4.05. The molecule has 1 aliphatic rings. The summed E-state index contributed by atoms with van der Waals surface area (Å²) in [5.74, 6) is 0.609. The molecule has 1 aliphatic heterocycles. The molecule has 0 aliphatic carbocycles. The summed E-state index contributed by atoms with van der Waals surface area (Å²) in [5, 5.41) is 3.49. The minimum Gasteiger partial charge on any atom is -0.312 e. The van der Waals surface area contributed by atoms with E-state index in [0.717, 1.165) is 25.9 Å². The van der Waals surface area contributed by atoms with Gasteiger partial charge < -0.3 is 5.32 Å². The molecule has 20 heavy (non-hydrogen) atoms. The molecule has 0 radical (unpaired) electrons. The third-order valence-corrected chi connectivity index (χ3v) is 4.28. The molecule has 0 saturated carbocycles. The van der Waals surface area contributed by atoms with Crippen LogP contribution in [0.2, 0.25) is 0 Å². The van der Waals surface area contributed by atoms with Crippen LogP contribution in [0.4, 0.5) is 0 Å². The van der Waals surface area contributed by atoms with Crippen LogP contribution in [-0.2, 0) is 19.4 Å². The fourth-order valence-corrected chi connectivity index (χ4v) is 2.99. The van der Waals surface area contributed by atoms with E-state index in [9.17, 15) is 0 Å². The Balaban J connectivity index is 1.84. The van der Waals surface area contributed by atoms with Crippen molar-refractivity contribution < 1.29 is 0 Å². The van der Waals surface area contributed by atoms with Crippen molar-refractivity contribution in [3.63, 3.8) is 0 Å². The molecule has 0 bridgehead atoms. The molecule has 0 saturated heterocycles. The fraction of sp³-hybridized carbons (Fsp3) is 0.368. The topological polar surface area (TPSA) is 12.0 Å². The van der Waals surface area contributed by atoms with Crippen molar-refractivity contribution in [1.29, 1.82) is 0 Å². The lowest BCUT2D eigenvalue weighted by Crippen LogP contribution is -2.24. The summed E-state index contributed by atoms with van der Waals surface area (Å²) >= 11 is 0. The van der Waals surface area contributed by atoms with Crippen molar-refractivity contribution >= 4 is 0 Å². The minimum atomic E-state index is 0.609. The standard InChI is InChI=1S/C19H23N/c1-14(2)16-8-6-15(7-9-16)12-18-5-3-4-17-10-11-20-13-19(17)18/h3-9,14,20H,10-13H2,1-2H3. The molecule has 1 nitrogen and oxygen atoms in total. The molecular weight excluding hydrogens is 242 g/mol. The molecule has 0 atom stereocenters. The Morgan fingerprint density at radius 3 is 2.60 bits per heavy atom. The maximum Gasteiger partial charge on any atom is 0.0211 e. The van der Waals surface area contributed by atoms with Gasteiger partial charge in [-0.25, -0.2) is 0 Å². The summed E-state index contributed by atoms with van der Waals surface area (Å²) in [4.78, 5) is 0. The second kappa shape index (κ2) is 5.80. The van der Waals surface area contributed by atoms with Gasteiger partial charge in [0.15, 0.2) is 0 Å². The van der Waals surface area contributed by atoms with Crippen molar-refractivity contribution in [3.8, 4) is 0 Å². The van der Waals surface area contributed by atoms with Gasteiger partial charge in [0.2, 0.25) is 0 Å². The van der Waals surface area contributed by atoms with E-state index in [-0.39, 0.29) is 0 Å². The first-order chi connectivity index (χ1) is 9.74. The Morgan fingerprint density at radius 1 is 1.05 bits per heavy atom. The zero-order chi connectivity index (χ0) is 13.9. The van der Waals surface area contributed by atoms with Gasteiger partial charge in [-0.15, -0.1) is 0 Å². The average Bonchev–Trinajstić information content (AvgIpc) is 2.48. The Morgan fingerprint density at radius 2 is 1.85 bits per heavy atom. The third-order valence-electron chi connectivity index (χ3n) is 4.28. The first kappa shape index (κ1) is 13.4. The van der Waals surface area contributed by atoms with Crippen LogP contribution in [0.5, 0.6) is 0 Å². The molecule has 104 valence electrons. The van der Waals surface area contributed by atoms with E-state index < -0.39 is 0 Å². The lowest BCUT2D eigenvalue weighted by molar-refractivity contribution is 0.639. The highest BCUT2D eigenvalue weighted by Crippen LogP contribution is 2.22. The zero-order valence-corrected chi connectivity index (χ0v) is 12.4. The minimum absolute atomic E-state index is 0.609. The fourth-order valence-electron chi connectivity index (χ4n) is 2.99. The van der Waals surface area contributed by atoms with E-state index in [2.05, 4.69) is 61.6 Å². The maximum absolute atomic E-state index is 3.49. The summed E-state index contributed by atoms with van der Waals surface area (Å²) in [5.41, 5.74) is 7.36. The second-order valence-electron chi connectivity index (χ2n) is 6.05. The number of rotatable bonds is 3. The first-order valence-corrected chi connectivity index (χ1v) is 7.63. The molecule has 0 fully saturated rings. The van der Waals surface area contributed by atoms with Gasteiger partial charge in [-0.3, -0.25) is 0 Å². The van der Waals surface area contributed by atoms with E-state index in [1.807, 2.05) is 0 Å². The normalized spacial score (nSPS) is 14.3. The molecule has 0 unspecified atom stereocenters. The van der Waals surface area contributed by atoms with Crippen LogP contribution in [0.1, 0.15) is 47.6 Å². The molecular formula is C19H23N. The van der Waals surface area contributed by atoms with Gasteiger partial charge in [-0.1, -0.05) is 56.3 Å². The van der Waals surface area contributed by atoms with E-state index >= 15 is 0 Å². The van der Waals surface area contributed by atoms with Gasteiger partial charge in [-0.2, -0.15) is 0 Å². The summed E-state index contributed by atoms with van der Waals surface area (Å²) in [6.07, 6.45) is 2.21. The Kier molecular flexibility index (Phi) is 3.88. The van der Waals surface area contributed by atoms with Crippen molar-refractivity contribution in [3.05, 3.63) is 70.3 Å². The Labute approximate surface area is 122 Å². The van der Waals surface area contributed by atoms with Gasteiger partial charge in [0.1, 0.15) is 0 Å². The molecule has 2 aromatic rings. The van der Waals surface area contributed by atoms with Crippen LogP contribution in [0.25, 0.3) is 0 Å². The molecule has 0 spiro atoms. The maximum atomic E-state index is 3.49. The van der Waals surface area contributed by atoms with Gasteiger partial charge in [0, 0.05) is 6.54 Å². The monoisotopic (exact) mass is 265 g/mol. The highest BCUT2D eigenvalue weighted by atomic mass is 14.9. The van der Waals surface area contributed by atoms with Crippen LogP contribution in [0, 0.1) is 0 Å². The Bertz CT molecular complexity index is 581. The van der Waals surface area contributed by atoms with E-state index in [1.54, 1.807) is 0 Å². The molecule has 1 N–H and O–H groups in total. The number of nitrogens with one attached hydrogen (secondary N) is 1. The van der Waals surface area contributed by atoms with Crippen molar-refractivity contribution in [2.75, 3.05) is 6.54 Å². The van der Waals surface area contributed by atoms with Crippen LogP contribution < -0.4 is 5.32 Å². The van der Waals surface area contributed by atoms with Gasteiger partial charge in [-0.05, 0) is 53.1 Å². The molecule has 1 heteroatoms. The van der Waals surface area contributed by atoms with Crippen LogP contribution >= 0.6 is 0 Å². The van der Waals surface area contributed by atoms with Crippen molar-refractivity contribution in [2.45, 2.75) is 39.2 Å². The second-order valence-corrected chi connectivity index (χ2v) is 6.05. The largest absolute Gasteiger partial charge is 0.312 e. The number of hydrogen-bond donors (Lipinski definition) is 1. The number of hydrogen-bond acceptors (Lipinski definition) is 1. The molecule has 2 aromatic carbocycles. The SMILES string of the molecule is CC(C)c1ccc(Cc2cccc3c2CNCC3)cc1. The van der Waals surface area contributed by atoms with Crippen LogP contribution in [-0.4, -0.2) is 6.54 Å². The predicted molar refractivity (Wildman–Crippen MR) is 85.2 cm³/mol. The lowest BCUT2D eigenvalue weighted by Gasteiger charge is -2.20. The van der Waals surface area contributed by atoms with E-state index in [4.69, 9.17) is 0 Å². The van der Waals surface area contributed by atoms with Gasteiger partial charge >= 0.3 is 0 Å². The summed E-state index contributed by atoms with van der Waals surface area (Å²) in [7, 11) is 0. The molecule has 0 aromatic heterocycles. The summed E-state index contributed by atoms with van der Waals surface area (Å²) < 4.78 is 0. The van der Waals surface area contributed by atoms with E-state index in [1.165, 1.54) is 27.8 Å². The highest BCUT2D eigenvalue weighted by molar-refractivity contribution is 5.40. The smallest absolute Gasteiger partial charge is 0.0211 e. The zero-order valence-electron chi connectivity index (χ0n) is 12.4. The Hall–Kier alpha value is -1.60. The molecule has 1 heterocycles. The number of fused-ring (bicyclic) bond motifs is 1. The lowest BCUT2D eigenvalue weighted by atomic mass is 9.91. The molecule has 3 rings (SSSR count). The van der Waals surface area contributed by atoms with Crippen LogP contribution in [0.3, 0.4) is 0 Å². The average molecular weight is 265 g/mol. The third kappa shape index (κ3) is 2.78. The van der Waals surface area contributed by atoms with Gasteiger partial charge in [0.25, 0.3) is 0 Å².